The van der Waals surface area contributed by atoms with Crippen LogP contribution in [0.4, 0.5) is 8.78 Å². The van der Waals surface area contributed by atoms with E-state index in [0.717, 1.165) is 12.1 Å². The first-order valence-corrected chi connectivity index (χ1v) is 6.02. The highest BCUT2D eigenvalue weighted by Gasteiger charge is 2.23. The van der Waals surface area contributed by atoms with E-state index in [9.17, 15) is 18.7 Å². The largest absolute Gasteiger partial charge is 0.477 e. The van der Waals surface area contributed by atoms with Crippen LogP contribution in [0.2, 0.25) is 0 Å². The van der Waals surface area contributed by atoms with Gasteiger partial charge in [-0.3, -0.25) is 0 Å². The molecule has 1 aromatic carbocycles. The van der Waals surface area contributed by atoms with Crippen molar-refractivity contribution in [2.45, 2.75) is 6.92 Å². The number of carbonyl (C=O) groups is 1. The summed E-state index contributed by atoms with van der Waals surface area (Å²) in [5.41, 5.74) is 0.330. The Hall–Kier alpha value is -2.83. The van der Waals surface area contributed by atoms with Crippen LogP contribution in [0.15, 0.2) is 30.5 Å². The molecule has 3 rings (SSSR count). The summed E-state index contributed by atoms with van der Waals surface area (Å²) in [5, 5.41) is 13.4. The molecule has 0 aliphatic heterocycles. The summed E-state index contributed by atoms with van der Waals surface area (Å²) in [6.07, 6.45) is 1.54. The third-order valence-electron chi connectivity index (χ3n) is 3.02. The lowest BCUT2D eigenvalue weighted by molar-refractivity contribution is 0.0699. The highest BCUT2D eigenvalue weighted by Crippen LogP contribution is 2.28. The lowest BCUT2D eigenvalue weighted by Gasteiger charge is -2.01. The van der Waals surface area contributed by atoms with Gasteiger partial charge in [0, 0.05) is 23.5 Å². The molecule has 106 valence electrons. The van der Waals surface area contributed by atoms with Crippen molar-refractivity contribution in [3.8, 4) is 11.3 Å². The first-order chi connectivity index (χ1) is 9.97. The zero-order valence-electron chi connectivity index (χ0n) is 10.8. The molecule has 0 fully saturated rings. The molecule has 1 N–H and O–H groups in total. The maximum atomic E-state index is 13.9. The van der Waals surface area contributed by atoms with Crippen LogP contribution in [0.1, 0.15) is 16.1 Å². The minimum Gasteiger partial charge on any atom is -0.477 e. The van der Waals surface area contributed by atoms with E-state index in [1.165, 1.54) is 10.7 Å². The van der Waals surface area contributed by atoms with E-state index in [-0.39, 0.29) is 22.5 Å². The molecule has 0 aliphatic carbocycles. The van der Waals surface area contributed by atoms with Crippen LogP contribution in [-0.2, 0) is 0 Å². The van der Waals surface area contributed by atoms with Gasteiger partial charge >= 0.3 is 5.97 Å². The van der Waals surface area contributed by atoms with E-state index in [0.29, 0.717) is 11.8 Å². The van der Waals surface area contributed by atoms with Crippen LogP contribution < -0.4 is 0 Å². The summed E-state index contributed by atoms with van der Waals surface area (Å²) in [4.78, 5) is 15.6. The second kappa shape index (κ2) is 4.62. The van der Waals surface area contributed by atoms with Crippen molar-refractivity contribution in [2.24, 2.45) is 0 Å². The van der Waals surface area contributed by atoms with E-state index in [2.05, 4.69) is 10.1 Å². The van der Waals surface area contributed by atoms with Crippen LogP contribution in [-0.4, -0.2) is 25.7 Å². The fourth-order valence-electron chi connectivity index (χ4n) is 2.09. The van der Waals surface area contributed by atoms with Crippen molar-refractivity contribution in [1.82, 2.24) is 14.6 Å². The third kappa shape index (κ3) is 2.12. The molecule has 5 nitrogen and oxygen atoms in total. The van der Waals surface area contributed by atoms with E-state index in [1.54, 1.807) is 13.0 Å². The second-order valence-electron chi connectivity index (χ2n) is 4.49. The zero-order chi connectivity index (χ0) is 15.1. The zero-order valence-corrected chi connectivity index (χ0v) is 10.8. The van der Waals surface area contributed by atoms with Gasteiger partial charge in [-0.2, -0.15) is 5.10 Å². The van der Waals surface area contributed by atoms with Gasteiger partial charge in [0.1, 0.15) is 22.9 Å². The van der Waals surface area contributed by atoms with Gasteiger partial charge in [-0.1, -0.05) is 0 Å². The Morgan fingerprint density at radius 3 is 2.71 bits per heavy atom. The molecule has 2 heterocycles. The Morgan fingerprint density at radius 1 is 1.29 bits per heavy atom. The average molecular weight is 289 g/mol. The highest BCUT2D eigenvalue weighted by atomic mass is 19.1. The normalized spacial score (nSPS) is 11.0. The van der Waals surface area contributed by atoms with Crippen molar-refractivity contribution in [2.75, 3.05) is 0 Å². The minimum absolute atomic E-state index is 0.0851. The Balaban J connectivity index is 2.36. The number of halogens is 2. The second-order valence-corrected chi connectivity index (χ2v) is 4.49. The van der Waals surface area contributed by atoms with E-state index in [1.807, 2.05) is 0 Å². The fraction of sp³-hybridized carbons (Fsp3) is 0.0714. The first kappa shape index (κ1) is 13.2. The smallest absolute Gasteiger partial charge is 0.341 e. The van der Waals surface area contributed by atoms with Gasteiger partial charge in [0.15, 0.2) is 5.65 Å². The molecule has 2 aromatic heterocycles. The fourth-order valence-corrected chi connectivity index (χ4v) is 2.09. The Kier molecular flexibility index (Phi) is 2.90. The molecule has 0 spiro atoms. The number of carboxylic acids is 1. The standard InChI is InChI=1S/C14H9F2N3O2/c1-7-4-5-19-13(17-7)11(14(20)21)12(18-19)9-3-2-8(15)6-10(9)16/h2-6H,1H3,(H,20,21). The number of hydrogen-bond acceptors (Lipinski definition) is 3. The number of hydrogen-bond donors (Lipinski definition) is 1. The molecule has 0 aliphatic rings. The van der Waals surface area contributed by atoms with Gasteiger partial charge < -0.3 is 5.11 Å². The molecular weight excluding hydrogens is 280 g/mol. The predicted molar refractivity (Wildman–Crippen MR) is 70.0 cm³/mol. The molecule has 3 aromatic rings. The SMILES string of the molecule is Cc1ccn2nc(-c3ccc(F)cc3F)c(C(=O)O)c2n1. The van der Waals surface area contributed by atoms with Crippen molar-refractivity contribution in [3.05, 3.63) is 53.4 Å². The van der Waals surface area contributed by atoms with E-state index < -0.39 is 17.6 Å². The van der Waals surface area contributed by atoms with Gasteiger partial charge in [-0.15, -0.1) is 0 Å². The summed E-state index contributed by atoms with van der Waals surface area (Å²) in [7, 11) is 0. The van der Waals surface area contributed by atoms with Crippen LogP contribution in [0.25, 0.3) is 16.9 Å². The third-order valence-corrected chi connectivity index (χ3v) is 3.02. The van der Waals surface area contributed by atoms with Gasteiger partial charge in [-0.25, -0.2) is 23.1 Å². The van der Waals surface area contributed by atoms with Crippen molar-refractivity contribution in [3.63, 3.8) is 0 Å². The lowest BCUT2D eigenvalue weighted by atomic mass is 10.1. The van der Waals surface area contributed by atoms with Gasteiger partial charge in [0.05, 0.1) is 0 Å². The molecule has 0 bridgehead atoms. The van der Waals surface area contributed by atoms with Crippen LogP contribution in [0, 0.1) is 18.6 Å². The lowest BCUT2D eigenvalue weighted by Crippen LogP contribution is -2.00. The van der Waals surface area contributed by atoms with Crippen LogP contribution >= 0.6 is 0 Å². The quantitative estimate of drug-likeness (QED) is 0.787. The number of benzene rings is 1. The molecule has 7 heteroatoms. The summed E-state index contributed by atoms with van der Waals surface area (Å²) in [6, 6.07) is 4.54. The first-order valence-electron chi connectivity index (χ1n) is 6.02. The summed E-state index contributed by atoms with van der Waals surface area (Å²) in [6.45, 7) is 1.71. The summed E-state index contributed by atoms with van der Waals surface area (Å²) in [5.74, 6) is -2.90. The number of aromatic nitrogens is 3. The molecular formula is C14H9F2N3O2. The molecule has 0 amide bonds. The molecule has 0 saturated carbocycles. The predicted octanol–water partition coefficient (Wildman–Crippen LogP) is 2.68. The van der Waals surface area contributed by atoms with E-state index >= 15 is 0 Å². The Bertz CT molecular complexity index is 874. The number of rotatable bonds is 2. The average Bonchev–Trinajstić information content (AvgIpc) is 2.76. The van der Waals surface area contributed by atoms with Crippen LogP contribution in [0.3, 0.4) is 0 Å². The van der Waals surface area contributed by atoms with Crippen molar-refractivity contribution < 1.29 is 18.7 Å². The molecule has 0 unspecified atom stereocenters. The summed E-state index contributed by atoms with van der Waals surface area (Å²) < 4.78 is 28.1. The summed E-state index contributed by atoms with van der Waals surface area (Å²) >= 11 is 0. The highest BCUT2D eigenvalue weighted by molar-refractivity contribution is 6.01. The molecule has 0 radical (unpaired) electrons. The van der Waals surface area contributed by atoms with Crippen molar-refractivity contribution in [1.29, 1.82) is 0 Å². The molecule has 21 heavy (non-hydrogen) atoms. The minimum atomic E-state index is -1.28. The maximum absolute atomic E-state index is 13.9. The number of nitrogens with zero attached hydrogens (tertiary/aromatic N) is 3. The number of carboxylic acid groups (broad SMARTS) is 1. The monoisotopic (exact) mass is 289 g/mol. The number of fused-ring (bicyclic) bond motifs is 1. The van der Waals surface area contributed by atoms with E-state index in [4.69, 9.17) is 0 Å². The Morgan fingerprint density at radius 2 is 2.05 bits per heavy atom. The molecule has 0 saturated heterocycles. The van der Waals surface area contributed by atoms with Gasteiger partial charge in [-0.05, 0) is 25.1 Å². The molecule has 0 atom stereocenters. The Labute approximate surface area is 117 Å². The maximum Gasteiger partial charge on any atom is 0.341 e. The number of aromatic carboxylic acids is 1. The van der Waals surface area contributed by atoms with Crippen LogP contribution in [0.5, 0.6) is 0 Å². The number of aryl methyl sites for hydroxylation is 1. The van der Waals surface area contributed by atoms with Crippen molar-refractivity contribution >= 4 is 11.6 Å². The van der Waals surface area contributed by atoms with Gasteiger partial charge in [0.25, 0.3) is 0 Å². The topological polar surface area (TPSA) is 67.5 Å². The van der Waals surface area contributed by atoms with Gasteiger partial charge in [0.2, 0.25) is 0 Å².